The molecule has 1 saturated heterocycles. The number of carboxylic acids is 1. The summed E-state index contributed by atoms with van der Waals surface area (Å²) in [6.45, 7) is 0.237. The lowest BCUT2D eigenvalue weighted by atomic mass is 9.98. The number of carboxylic acid groups (broad SMARTS) is 1. The molecule has 0 amide bonds. The molecule has 1 heterocycles. The Kier molecular flexibility index (Phi) is 3.40. The van der Waals surface area contributed by atoms with E-state index in [0.717, 1.165) is 6.07 Å². The molecule has 104 valence electrons. The Morgan fingerprint density at radius 1 is 1.37 bits per heavy atom. The van der Waals surface area contributed by atoms with E-state index in [-0.39, 0.29) is 18.5 Å². The van der Waals surface area contributed by atoms with Crippen molar-refractivity contribution >= 4 is 5.97 Å². The summed E-state index contributed by atoms with van der Waals surface area (Å²) in [5.74, 6) is -2.02. The van der Waals surface area contributed by atoms with Gasteiger partial charge in [0.25, 0.3) is 0 Å². The van der Waals surface area contributed by atoms with Crippen molar-refractivity contribution in [3.63, 3.8) is 0 Å². The second-order valence-electron chi connectivity index (χ2n) is 4.50. The molecule has 0 saturated carbocycles. The van der Waals surface area contributed by atoms with Gasteiger partial charge in [-0.1, -0.05) is 6.07 Å². The van der Waals surface area contributed by atoms with E-state index in [4.69, 9.17) is 5.11 Å². The van der Waals surface area contributed by atoms with Gasteiger partial charge in [-0.15, -0.1) is 0 Å². The highest BCUT2D eigenvalue weighted by atomic mass is 19.4. The molecule has 0 spiro atoms. The summed E-state index contributed by atoms with van der Waals surface area (Å²) < 4.78 is 37.3. The third-order valence-corrected chi connectivity index (χ3v) is 3.21. The maximum atomic E-state index is 12.4. The van der Waals surface area contributed by atoms with Gasteiger partial charge in [-0.25, -0.2) is 0 Å². The van der Waals surface area contributed by atoms with Crippen LogP contribution < -0.4 is 5.32 Å². The molecule has 7 heteroatoms. The molecule has 4 nitrogen and oxygen atoms in total. The number of phenolic OH excluding ortho intramolecular Hbond substituents is 1. The van der Waals surface area contributed by atoms with Gasteiger partial charge in [0.05, 0.1) is 11.5 Å². The van der Waals surface area contributed by atoms with Crippen LogP contribution >= 0.6 is 0 Å². The van der Waals surface area contributed by atoms with Gasteiger partial charge in [-0.05, 0) is 18.6 Å². The first-order valence-corrected chi connectivity index (χ1v) is 5.65. The maximum Gasteiger partial charge on any atom is 0.416 e. The normalized spacial score (nSPS) is 23.5. The number of aromatic hydroxyl groups is 1. The van der Waals surface area contributed by atoms with Crippen LogP contribution in [-0.2, 0) is 11.0 Å². The molecule has 2 unspecified atom stereocenters. The van der Waals surface area contributed by atoms with Crippen molar-refractivity contribution < 1.29 is 28.2 Å². The highest BCUT2D eigenvalue weighted by Crippen LogP contribution is 2.37. The van der Waals surface area contributed by atoms with Gasteiger partial charge in [0.2, 0.25) is 0 Å². The summed E-state index contributed by atoms with van der Waals surface area (Å²) in [5.41, 5.74) is -0.640. The lowest BCUT2D eigenvalue weighted by molar-refractivity contribution is -0.141. The first kappa shape index (κ1) is 13.7. The van der Waals surface area contributed by atoms with Crippen LogP contribution in [0.2, 0.25) is 0 Å². The molecule has 1 aromatic rings. The van der Waals surface area contributed by atoms with Crippen molar-refractivity contribution in [1.82, 2.24) is 5.32 Å². The average Bonchev–Trinajstić information content (AvgIpc) is 2.76. The van der Waals surface area contributed by atoms with Crippen molar-refractivity contribution in [3.8, 4) is 5.75 Å². The van der Waals surface area contributed by atoms with E-state index < -0.39 is 35.4 Å². The SMILES string of the molecule is O=C(O)C1CNC(c2ccc(C(F)(F)F)cc2O)C1. The van der Waals surface area contributed by atoms with Crippen LogP contribution in [0.1, 0.15) is 23.6 Å². The highest BCUT2D eigenvalue weighted by Gasteiger charge is 2.34. The number of carbonyl (C=O) groups is 1. The summed E-state index contributed by atoms with van der Waals surface area (Å²) in [4.78, 5) is 10.8. The number of rotatable bonds is 2. The zero-order chi connectivity index (χ0) is 14.2. The summed E-state index contributed by atoms with van der Waals surface area (Å²) in [5, 5.41) is 21.4. The molecule has 0 aromatic heterocycles. The number of phenols is 1. The Bertz CT molecular complexity index is 501. The molecule has 1 fully saturated rings. The Balaban J connectivity index is 2.21. The van der Waals surface area contributed by atoms with Crippen molar-refractivity contribution in [2.75, 3.05) is 6.54 Å². The highest BCUT2D eigenvalue weighted by molar-refractivity contribution is 5.71. The fourth-order valence-corrected chi connectivity index (χ4v) is 2.18. The van der Waals surface area contributed by atoms with Gasteiger partial charge in [0.1, 0.15) is 5.75 Å². The molecule has 3 N–H and O–H groups in total. The van der Waals surface area contributed by atoms with Crippen molar-refractivity contribution in [3.05, 3.63) is 29.3 Å². The maximum absolute atomic E-state index is 12.4. The van der Waals surface area contributed by atoms with Gasteiger partial charge in [-0.3, -0.25) is 4.79 Å². The van der Waals surface area contributed by atoms with E-state index in [1.807, 2.05) is 0 Å². The molecular weight excluding hydrogens is 263 g/mol. The number of nitrogens with one attached hydrogen (secondary N) is 1. The fourth-order valence-electron chi connectivity index (χ4n) is 2.18. The Morgan fingerprint density at radius 2 is 2.05 bits per heavy atom. The van der Waals surface area contributed by atoms with Crippen LogP contribution in [0.25, 0.3) is 0 Å². The fraction of sp³-hybridized carbons (Fsp3) is 0.417. The quantitative estimate of drug-likeness (QED) is 0.773. The molecule has 1 aliphatic heterocycles. The van der Waals surface area contributed by atoms with E-state index >= 15 is 0 Å². The summed E-state index contributed by atoms with van der Waals surface area (Å²) in [6, 6.07) is 2.28. The van der Waals surface area contributed by atoms with Gasteiger partial charge in [0, 0.05) is 18.2 Å². The number of hydrogen-bond donors (Lipinski definition) is 3. The summed E-state index contributed by atoms with van der Waals surface area (Å²) in [7, 11) is 0. The van der Waals surface area contributed by atoms with Crippen LogP contribution in [0.4, 0.5) is 13.2 Å². The largest absolute Gasteiger partial charge is 0.508 e. The van der Waals surface area contributed by atoms with E-state index in [1.54, 1.807) is 0 Å². The molecule has 0 bridgehead atoms. The van der Waals surface area contributed by atoms with Crippen molar-refractivity contribution in [2.24, 2.45) is 5.92 Å². The smallest absolute Gasteiger partial charge is 0.416 e. The number of benzene rings is 1. The summed E-state index contributed by atoms with van der Waals surface area (Å²) >= 11 is 0. The van der Waals surface area contributed by atoms with Gasteiger partial charge >= 0.3 is 12.1 Å². The average molecular weight is 275 g/mol. The van der Waals surface area contributed by atoms with E-state index in [0.29, 0.717) is 6.07 Å². The zero-order valence-electron chi connectivity index (χ0n) is 9.74. The van der Waals surface area contributed by atoms with Gasteiger partial charge in [0.15, 0.2) is 0 Å². The number of hydrogen-bond acceptors (Lipinski definition) is 3. The zero-order valence-corrected chi connectivity index (χ0v) is 9.74. The van der Waals surface area contributed by atoms with Crippen LogP contribution in [0.5, 0.6) is 5.75 Å². The lowest BCUT2D eigenvalue weighted by Gasteiger charge is -2.14. The number of alkyl halides is 3. The standard InChI is InChI=1S/C12H12F3NO3/c13-12(14,15)7-1-2-8(10(17)4-7)9-3-6(5-16-9)11(18)19/h1-2,4,6,9,16-17H,3,5H2,(H,18,19). The summed E-state index contributed by atoms with van der Waals surface area (Å²) in [6.07, 6.45) is -4.27. The first-order valence-electron chi connectivity index (χ1n) is 5.65. The van der Waals surface area contributed by atoms with Crippen molar-refractivity contribution in [2.45, 2.75) is 18.6 Å². The molecule has 1 aliphatic rings. The lowest BCUT2D eigenvalue weighted by Crippen LogP contribution is -2.17. The topological polar surface area (TPSA) is 69.6 Å². The Hall–Kier alpha value is -1.76. The predicted molar refractivity (Wildman–Crippen MR) is 59.6 cm³/mol. The van der Waals surface area contributed by atoms with E-state index in [2.05, 4.69) is 5.32 Å². The molecule has 0 aliphatic carbocycles. The molecular formula is C12H12F3NO3. The Morgan fingerprint density at radius 3 is 2.53 bits per heavy atom. The molecule has 2 rings (SSSR count). The molecule has 19 heavy (non-hydrogen) atoms. The van der Waals surface area contributed by atoms with Gasteiger partial charge in [-0.2, -0.15) is 13.2 Å². The third-order valence-electron chi connectivity index (χ3n) is 3.21. The second-order valence-corrected chi connectivity index (χ2v) is 4.50. The molecule has 2 atom stereocenters. The van der Waals surface area contributed by atoms with Crippen LogP contribution in [0.15, 0.2) is 18.2 Å². The Labute approximate surface area is 106 Å². The molecule has 1 aromatic carbocycles. The van der Waals surface area contributed by atoms with Crippen LogP contribution in [-0.4, -0.2) is 22.7 Å². The van der Waals surface area contributed by atoms with Crippen LogP contribution in [0, 0.1) is 5.92 Å². The minimum Gasteiger partial charge on any atom is -0.508 e. The predicted octanol–water partition coefficient (Wildman–Crippen LogP) is 2.15. The minimum absolute atomic E-state index is 0.237. The van der Waals surface area contributed by atoms with Crippen LogP contribution in [0.3, 0.4) is 0 Å². The van der Waals surface area contributed by atoms with Crippen molar-refractivity contribution in [1.29, 1.82) is 0 Å². The minimum atomic E-state index is -4.51. The monoisotopic (exact) mass is 275 g/mol. The van der Waals surface area contributed by atoms with E-state index in [1.165, 1.54) is 6.07 Å². The molecule has 0 radical (unpaired) electrons. The van der Waals surface area contributed by atoms with E-state index in [9.17, 15) is 23.1 Å². The number of aliphatic carboxylic acids is 1. The van der Waals surface area contributed by atoms with Gasteiger partial charge < -0.3 is 15.5 Å². The third kappa shape index (κ3) is 2.81. The first-order chi connectivity index (χ1) is 8.79. The number of halogens is 3. The second kappa shape index (κ2) is 4.73.